The lowest BCUT2D eigenvalue weighted by atomic mass is 9.90. The van der Waals surface area contributed by atoms with Gasteiger partial charge < -0.3 is 52.1 Å². The van der Waals surface area contributed by atoms with Gasteiger partial charge in [0.15, 0.2) is 0 Å². The van der Waals surface area contributed by atoms with E-state index in [0.717, 1.165) is 38.9 Å². The number of fused-ring (bicyclic) bond motifs is 2. The Hall–Kier alpha value is -4.90. The summed E-state index contributed by atoms with van der Waals surface area (Å²) in [6.45, 7) is 2.93. The van der Waals surface area contributed by atoms with Crippen molar-refractivity contribution in [3.05, 3.63) is 89.5 Å². The fourth-order valence-corrected chi connectivity index (χ4v) is 7.09. The molecule has 3 saturated heterocycles. The predicted molar refractivity (Wildman–Crippen MR) is 202 cm³/mol. The molecule has 0 spiro atoms. The topological polar surface area (TPSA) is 173 Å². The minimum absolute atomic E-state index is 0.121. The quantitative estimate of drug-likeness (QED) is 0.0686. The maximum atomic E-state index is 12.9. The molecule has 58 heavy (non-hydrogen) atoms. The van der Waals surface area contributed by atoms with Crippen LogP contribution in [-0.4, -0.2) is 107 Å². The first-order valence-electron chi connectivity index (χ1n) is 19.7. The first-order valence-corrected chi connectivity index (χ1v) is 19.7. The Morgan fingerprint density at radius 1 is 0.569 bits per heavy atom. The van der Waals surface area contributed by atoms with Crippen LogP contribution in [0.15, 0.2) is 72.8 Å². The average Bonchev–Trinajstić information content (AvgIpc) is 4.02. The first-order chi connectivity index (χ1) is 28.3. The van der Waals surface area contributed by atoms with Crippen molar-refractivity contribution >= 4 is 23.9 Å². The Kier molecular flexibility index (Phi) is 14.4. The van der Waals surface area contributed by atoms with Crippen molar-refractivity contribution < 1.29 is 71.3 Å². The van der Waals surface area contributed by atoms with E-state index in [1.165, 1.54) is 68.3 Å². The third-order valence-corrected chi connectivity index (χ3v) is 10.3. The third kappa shape index (κ3) is 11.6. The normalized spacial score (nSPS) is 24.7. The molecule has 310 valence electrons. The van der Waals surface area contributed by atoms with Crippen molar-refractivity contribution in [3.8, 4) is 17.2 Å². The van der Waals surface area contributed by atoms with E-state index in [9.17, 15) is 19.2 Å². The van der Waals surface area contributed by atoms with Crippen LogP contribution in [0.3, 0.4) is 0 Å². The summed E-state index contributed by atoms with van der Waals surface area (Å²) in [4.78, 5) is 49.5. The van der Waals surface area contributed by atoms with Crippen LogP contribution in [0.1, 0.15) is 76.5 Å². The van der Waals surface area contributed by atoms with E-state index >= 15 is 0 Å². The number of epoxide rings is 1. The van der Waals surface area contributed by atoms with Gasteiger partial charge >= 0.3 is 23.9 Å². The Bertz CT molecular complexity index is 1830. The van der Waals surface area contributed by atoms with E-state index in [1.807, 2.05) is 0 Å². The summed E-state index contributed by atoms with van der Waals surface area (Å²) in [5.74, 6) is -0.379. The zero-order valence-corrected chi connectivity index (χ0v) is 32.3. The summed E-state index contributed by atoms with van der Waals surface area (Å²) in [5.41, 5.74) is 0.852. The molecule has 4 fully saturated rings. The standard InChI is InChI=1S/C43H48O15/c1-27(44)56-33-14-8-29(9-15-33)41(45)50-23-37-39-40(55-25-52-37)38(53-26-54-39)24-51-42(46)30-10-16-34(17-11-30)57-43(47)31-6-12-32(13-7-31)49-20-4-2-3-19-48-22-28-5-18-35-36(21-28)58-35/h6-17,28,35-40H,2-5,18-26H2,1H3. The molecule has 3 aromatic rings. The number of rotatable bonds is 18. The Labute approximate surface area is 336 Å². The summed E-state index contributed by atoms with van der Waals surface area (Å²) >= 11 is 0. The number of ether oxygens (including phenoxy) is 11. The summed E-state index contributed by atoms with van der Waals surface area (Å²) in [5, 5.41) is 0. The Balaban J connectivity index is 0.782. The average molecular weight is 805 g/mol. The van der Waals surface area contributed by atoms with Gasteiger partial charge in [0.2, 0.25) is 0 Å². The van der Waals surface area contributed by atoms with Crippen LogP contribution >= 0.6 is 0 Å². The van der Waals surface area contributed by atoms with E-state index in [-0.39, 0.29) is 43.7 Å². The van der Waals surface area contributed by atoms with Crippen LogP contribution in [0.25, 0.3) is 0 Å². The molecule has 4 aliphatic rings. The summed E-state index contributed by atoms with van der Waals surface area (Å²) in [6, 6.07) is 18.7. The molecule has 0 aromatic heterocycles. The van der Waals surface area contributed by atoms with Crippen LogP contribution in [0.4, 0.5) is 0 Å². The van der Waals surface area contributed by atoms with Gasteiger partial charge in [0, 0.05) is 20.1 Å². The van der Waals surface area contributed by atoms with Gasteiger partial charge in [-0.25, -0.2) is 14.4 Å². The fraction of sp³-hybridized carbons (Fsp3) is 0.488. The van der Waals surface area contributed by atoms with E-state index in [1.54, 1.807) is 24.3 Å². The molecule has 1 aliphatic carbocycles. The largest absolute Gasteiger partial charge is 0.494 e. The number of carbonyl (C=O) groups excluding carboxylic acids is 4. The van der Waals surface area contributed by atoms with Gasteiger partial charge in [0.05, 0.1) is 35.5 Å². The summed E-state index contributed by atoms with van der Waals surface area (Å²) in [7, 11) is 0. The number of carbonyl (C=O) groups is 4. The first kappa shape index (κ1) is 41.3. The highest BCUT2D eigenvalue weighted by Crippen LogP contribution is 2.39. The van der Waals surface area contributed by atoms with Crippen LogP contribution in [-0.2, 0) is 42.7 Å². The lowest BCUT2D eigenvalue weighted by molar-refractivity contribution is -0.328. The van der Waals surface area contributed by atoms with Crippen molar-refractivity contribution in [2.45, 2.75) is 82.1 Å². The van der Waals surface area contributed by atoms with E-state index in [4.69, 9.17) is 52.1 Å². The molecule has 7 rings (SSSR count). The van der Waals surface area contributed by atoms with Gasteiger partial charge in [-0.1, -0.05) is 0 Å². The molecule has 0 N–H and O–H groups in total. The zero-order chi connectivity index (χ0) is 40.3. The molecule has 0 radical (unpaired) electrons. The number of hydrogen-bond acceptors (Lipinski definition) is 15. The minimum atomic E-state index is -0.682. The molecule has 15 heteroatoms. The molecule has 3 aliphatic heterocycles. The second-order valence-electron chi connectivity index (χ2n) is 14.5. The second-order valence-corrected chi connectivity index (χ2v) is 14.5. The lowest BCUT2D eigenvalue weighted by Crippen LogP contribution is -2.59. The van der Waals surface area contributed by atoms with Crippen molar-refractivity contribution in [3.63, 3.8) is 0 Å². The van der Waals surface area contributed by atoms with Crippen molar-refractivity contribution in [1.82, 2.24) is 0 Å². The maximum absolute atomic E-state index is 12.9. The monoisotopic (exact) mass is 804 g/mol. The highest BCUT2D eigenvalue weighted by atomic mass is 16.8. The van der Waals surface area contributed by atoms with Crippen molar-refractivity contribution in [1.29, 1.82) is 0 Å². The molecule has 3 heterocycles. The second kappa shape index (κ2) is 20.2. The van der Waals surface area contributed by atoms with Gasteiger partial charge in [0.25, 0.3) is 0 Å². The zero-order valence-electron chi connectivity index (χ0n) is 32.3. The molecule has 0 bridgehead atoms. The molecule has 7 unspecified atom stereocenters. The van der Waals surface area contributed by atoms with E-state index in [0.29, 0.717) is 41.8 Å². The van der Waals surface area contributed by atoms with Gasteiger partial charge in [-0.3, -0.25) is 4.79 Å². The molecular weight excluding hydrogens is 756 g/mol. The highest BCUT2D eigenvalue weighted by molar-refractivity contribution is 5.92. The molecule has 3 aromatic carbocycles. The van der Waals surface area contributed by atoms with Crippen molar-refractivity contribution in [2.24, 2.45) is 5.92 Å². The molecular formula is C43H48O15. The van der Waals surface area contributed by atoms with Crippen LogP contribution in [0, 0.1) is 5.92 Å². The van der Waals surface area contributed by atoms with Crippen LogP contribution in [0.5, 0.6) is 17.2 Å². The molecule has 15 nitrogen and oxygen atoms in total. The van der Waals surface area contributed by atoms with Gasteiger partial charge in [-0.05, 0) is 117 Å². The molecule has 1 saturated carbocycles. The van der Waals surface area contributed by atoms with Crippen LogP contribution < -0.4 is 14.2 Å². The SMILES string of the molecule is CC(=O)Oc1ccc(C(=O)OCC2OCOC3C(COC(=O)c4ccc(OC(=O)c5ccc(OCCCCCOCC6CCC7OC7C6)cc5)cc4)OCOC23)cc1. The number of unbranched alkanes of at least 4 members (excludes halogenated alkanes) is 2. The number of benzene rings is 3. The highest BCUT2D eigenvalue weighted by Gasteiger charge is 2.46. The van der Waals surface area contributed by atoms with Gasteiger partial charge in [0.1, 0.15) is 68.5 Å². The number of hydrogen-bond donors (Lipinski definition) is 0. The van der Waals surface area contributed by atoms with Crippen molar-refractivity contribution in [2.75, 3.05) is 46.6 Å². The smallest absolute Gasteiger partial charge is 0.343 e. The predicted octanol–water partition coefficient (Wildman–Crippen LogP) is 5.46. The lowest BCUT2D eigenvalue weighted by Gasteiger charge is -2.43. The van der Waals surface area contributed by atoms with Gasteiger partial charge in [-0.2, -0.15) is 0 Å². The van der Waals surface area contributed by atoms with E-state index < -0.39 is 48.3 Å². The fourth-order valence-electron chi connectivity index (χ4n) is 7.09. The molecule has 7 atom stereocenters. The summed E-state index contributed by atoms with van der Waals surface area (Å²) in [6.07, 6.45) is 4.77. The van der Waals surface area contributed by atoms with E-state index in [2.05, 4.69) is 0 Å². The van der Waals surface area contributed by atoms with Crippen LogP contribution in [0.2, 0.25) is 0 Å². The number of esters is 4. The Morgan fingerprint density at radius 2 is 1.10 bits per heavy atom. The molecule has 0 amide bonds. The van der Waals surface area contributed by atoms with Gasteiger partial charge in [-0.15, -0.1) is 0 Å². The maximum Gasteiger partial charge on any atom is 0.343 e. The Morgan fingerprint density at radius 3 is 1.67 bits per heavy atom. The third-order valence-electron chi connectivity index (χ3n) is 10.3. The minimum Gasteiger partial charge on any atom is -0.494 e. The summed E-state index contributed by atoms with van der Waals surface area (Å²) < 4.78 is 61.6.